The number of carbonyl (C=O) groups is 2. The molecular formula is C18H27ClN4O2. The predicted octanol–water partition coefficient (Wildman–Crippen LogP) is 1.81. The smallest absolute Gasteiger partial charge is 0.241 e. The van der Waals surface area contributed by atoms with E-state index < -0.39 is 0 Å². The molecule has 1 aliphatic heterocycles. The zero-order valence-electron chi connectivity index (χ0n) is 14.9. The fraction of sp³-hybridized carbons (Fsp3) is 0.556. The maximum atomic E-state index is 12.4. The van der Waals surface area contributed by atoms with Gasteiger partial charge in [0.15, 0.2) is 0 Å². The maximum absolute atomic E-state index is 12.4. The van der Waals surface area contributed by atoms with Gasteiger partial charge in [-0.15, -0.1) is 0 Å². The summed E-state index contributed by atoms with van der Waals surface area (Å²) in [7, 11) is 0. The Morgan fingerprint density at radius 1 is 1.24 bits per heavy atom. The van der Waals surface area contributed by atoms with Crippen LogP contribution in [0.15, 0.2) is 24.3 Å². The van der Waals surface area contributed by atoms with Gasteiger partial charge in [0.1, 0.15) is 0 Å². The zero-order chi connectivity index (χ0) is 18.2. The van der Waals surface area contributed by atoms with E-state index in [2.05, 4.69) is 20.4 Å². The van der Waals surface area contributed by atoms with E-state index in [1.807, 2.05) is 26.0 Å². The van der Waals surface area contributed by atoms with E-state index in [1.54, 1.807) is 12.1 Å². The first-order chi connectivity index (χ1) is 12.0. The van der Waals surface area contributed by atoms with Gasteiger partial charge in [-0.1, -0.05) is 24.6 Å². The van der Waals surface area contributed by atoms with Crippen LogP contribution >= 0.6 is 11.6 Å². The Morgan fingerprint density at radius 3 is 2.60 bits per heavy atom. The number of nitrogens with zero attached hydrogens (tertiary/aromatic N) is 2. The lowest BCUT2D eigenvalue weighted by atomic mass is 10.2. The van der Waals surface area contributed by atoms with Gasteiger partial charge in [-0.05, 0) is 31.5 Å². The summed E-state index contributed by atoms with van der Waals surface area (Å²) in [4.78, 5) is 28.5. The molecule has 0 spiro atoms. The molecule has 1 saturated heterocycles. The van der Waals surface area contributed by atoms with Gasteiger partial charge in [-0.25, -0.2) is 0 Å². The third kappa shape index (κ3) is 6.30. The summed E-state index contributed by atoms with van der Waals surface area (Å²) in [5, 5.41) is 6.40. The zero-order valence-corrected chi connectivity index (χ0v) is 15.7. The molecule has 2 amide bonds. The highest BCUT2D eigenvalue weighted by Gasteiger charge is 2.26. The molecule has 0 aromatic heterocycles. The second kappa shape index (κ2) is 9.75. The van der Waals surface area contributed by atoms with Crippen molar-refractivity contribution in [3.05, 3.63) is 29.3 Å². The Morgan fingerprint density at radius 2 is 1.96 bits per heavy atom. The highest BCUT2D eigenvalue weighted by Crippen LogP contribution is 2.16. The number of rotatable bonds is 7. The highest BCUT2D eigenvalue weighted by atomic mass is 35.5. The number of halogens is 1. The summed E-state index contributed by atoms with van der Waals surface area (Å²) in [6.45, 7) is 8.20. The monoisotopic (exact) mass is 366 g/mol. The summed E-state index contributed by atoms with van der Waals surface area (Å²) < 4.78 is 0. The molecule has 0 unspecified atom stereocenters. The van der Waals surface area contributed by atoms with Crippen LogP contribution in [-0.2, 0) is 9.59 Å². The Kier molecular flexibility index (Phi) is 7.68. The first-order valence-corrected chi connectivity index (χ1v) is 9.17. The third-order valence-electron chi connectivity index (χ3n) is 4.37. The minimum atomic E-state index is -0.227. The molecule has 7 heteroatoms. The molecule has 1 aliphatic rings. The van der Waals surface area contributed by atoms with Crippen LogP contribution in [-0.4, -0.2) is 66.9 Å². The Labute approximate surface area is 154 Å². The van der Waals surface area contributed by atoms with Gasteiger partial charge < -0.3 is 10.6 Å². The normalized spacial score (nSPS) is 17.1. The number of amides is 2. The van der Waals surface area contributed by atoms with Crippen molar-refractivity contribution in [1.29, 1.82) is 0 Å². The summed E-state index contributed by atoms with van der Waals surface area (Å²) in [5.41, 5.74) is 0.704. The number of benzene rings is 1. The molecule has 1 atom stereocenters. The van der Waals surface area contributed by atoms with E-state index in [1.165, 1.54) is 0 Å². The number of anilines is 1. The van der Waals surface area contributed by atoms with E-state index in [0.717, 1.165) is 39.1 Å². The number of hydrogen-bond acceptors (Lipinski definition) is 4. The van der Waals surface area contributed by atoms with Crippen LogP contribution in [0, 0.1) is 0 Å². The number of hydrogen-bond donors (Lipinski definition) is 2. The van der Waals surface area contributed by atoms with Crippen molar-refractivity contribution in [1.82, 2.24) is 15.1 Å². The van der Waals surface area contributed by atoms with Crippen molar-refractivity contribution in [3.63, 3.8) is 0 Å². The maximum Gasteiger partial charge on any atom is 0.241 e. The Bertz CT molecular complexity index is 588. The standard InChI is InChI=1S/C18H27ClN4O2/c1-3-7-20-17(24)13-22-8-10-23(11-9-22)14(2)18(25)21-16-6-4-5-15(19)12-16/h4-6,12,14H,3,7-11,13H2,1-2H3,(H,20,24)(H,21,25)/t14-/m0/s1. The van der Waals surface area contributed by atoms with Crippen LogP contribution in [0.25, 0.3) is 0 Å². The van der Waals surface area contributed by atoms with Gasteiger partial charge in [0.05, 0.1) is 12.6 Å². The molecule has 1 aromatic carbocycles. The average molecular weight is 367 g/mol. The molecule has 6 nitrogen and oxygen atoms in total. The van der Waals surface area contributed by atoms with Crippen LogP contribution in [0.2, 0.25) is 5.02 Å². The van der Waals surface area contributed by atoms with Crippen molar-refractivity contribution in [2.75, 3.05) is 44.6 Å². The molecule has 0 aliphatic carbocycles. The van der Waals surface area contributed by atoms with Crippen molar-refractivity contribution in [2.24, 2.45) is 0 Å². The van der Waals surface area contributed by atoms with Crippen molar-refractivity contribution in [2.45, 2.75) is 26.3 Å². The number of nitrogens with one attached hydrogen (secondary N) is 2. The van der Waals surface area contributed by atoms with Crippen molar-refractivity contribution >= 4 is 29.1 Å². The van der Waals surface area contributed by atoms with E-state index in [-0.39, 0.29) is 17.9 Å². The summed E-state index contributed by atoms with van der Waals surface area (Å²) in [6.07, 6.45) is 0.943. The molecule has 138 valence electrons. The molecule has 2 rings (SSSR count). The minimum absolute atomic E-state index is 0.0450. The van der Waals surface area contributed by atoms with Crippen LogP contribution in [0.1, 0.15) is 20.3 Å². The predicted molar refractivity (Wildman–Crippen MR) is 101 cm³/mol. The minimum Gasteiger partial charge on any atom is -0.355 e. The van der Waals surface area contributed by atoms with E-state index >= 15 is 0 Å². The van der Waals surface area contributed by atoms with Gasteiger partial charge >= 0.3 is 0 Å². The second-order valence-electron chi connectivity index (χ2n) is 6.34. The first kappa shape index (κ1) is 19.7. The lowest BCUT2D eigenvalue weighted by Gasteiger charge is -2.37. The quantitative estimate of drug-likeness (QED) is 0.772. The van der Waals surface area contributed by atoms with E-state index in [4.69, 9.17) is 11.6 Å². The second-order valence-corrected chi connectivity index (χ2v) is 6.77. The molecular weight excluding hydrogens is 340 g/mol. The van der Waals surface area contributed by atoms with E-state index in [0.29, 0.717) is 17.3 Å². The molecule has 0 bridgehead atoms. The van der Waals surface area contributed by atoms with Crippen LogP contribution in [0.3, 0.4) is 0 Å². The van der Waals surface area contributed by atoms with Gasteiger partial charge in [0.2, 0.25) is 11.8 Å². The van der Waals surface area contributed by atoms with Gasteiger partial charge in [-0.3, -0.25) is 19.4 Å². The van der Waals surface area contributed by atoms with Crippen LogP contribution in [0.4, 0.5) is 5.69 Å². The summed E-state index contributed by atoms with van der Waals surface area (Å²) >= 11 is 5.95. The molecule has 25 heavy (non-hydrogen) atoms. The molecule has 1 heterocycles. The van der Waals surface area contributed by atoms with Gasteiger partial charge in [0, 0.05) is 43.4 Å². The SMILES string of the molecule is CCCNC(=O)CN1CCN([C@@H](C)C(=O)Nc2cccc(Cl)c2)CC1. The van der Waals surface area contributed by atoms with Crippen molar-refractivity contribution in [3.8, 4) is 0 Å². The topological polar surface area (TPSA) is 64.7 Å². The summed E-state index contributed by atoms with van der Waals surface area (Å²) in [6, 6.07) is 6.92. The largest absolute Gasteiger partial charge is 0.355 e. The fourth-order valence-corrected chi connectivity index (χ4v) is 3.00. The number of carbonyl (C=O) groups excluding carboxylic acids is 2. The Balaban J connectivity index is 1.77. The third-order valence-corrected chi connectivity index (χ3v) is 4.60. The summed E-state index contributed by atoms with van der Waals surface area (Å²) in [5.74, 6) is 0.0263. The lowest BCUT2D eigenvalue weighted by Crippen LogP contribution is -2.54. The average Bonchev–Trinajstić information content (AvgIpc) is 2.60. The van der Waals surface area contributed by atoms with Crippen molar-refractivity contribution < 1.29 is 9.59 Å². The molecule has 0 radical (unpaired) electrons. The van der Waals surface area contributed by atoms with E-state index in [9.17, 15) is 9.59 Å². The number of piperazine rings is 1. The molecule has 2 N–H and O–H groups in total. The highest BCUT2D eigenvalue weighted by molar-refractivity contribution is 6.30. The Hall–Kier alpha value is -1.63. The fourth-order valence-electron chi connectivity index (χ4n) is 2.81. The van der Waals surface area contributed by atoms with Gasteiger partial charge in [-0.2, -0.15) is 0 Å². The molecule has 0 saturated carbocycles. The van der Waals surface area contributed by atoms with Gasteiger partial charge in [0.25, 0.3) is 0 Å². The molecule has 1 aromatic rings. The lowest BCUT2D eigenvalue weighted by molar-refractivity contribution is -0.124. The molecule has 1 fully saturated rings. The van der Waals surface area contributed by atoms with Crippen LogP contribution < -0.4 is 10.6 Å². The van der Waals surface area contributed by atoms with Crippen LogP contribution in [0.5, 0.6) is 0 Å². The first-order valence-electron chi connectivity index (χ1n) is 8.79.